The number of amides is 1. The van der Waals surface area contributed by atoms with Crippen molar-refractivity contribution in [3.05, 3.63) is 58.6 Å². The zero-order valence-corrected chi connectivity index (χ0v) is 15.2. The van der Waals surface area contributed by atoms with Gasteiger partial charge in [0.15, 0.2) is 0 Å². The molecule has 3 aromatic rings. The van der Waals surface area contributed by atoms with E-state index in [0.29, 0.717) is 11.1 Å². The molecule has 0 fully saturated rings. The van der Waals surface area contributed by atoms with Crippen molar-refractivity contribution in [3.8, 4) is 11.5 Å². The normalized spacial score (nSPS) is 10.6. The number of hydrogen-bond donors (Lipinski definition) is 1. The van der Waals surface area contributed by atoms with Crippen molar-refractivity contribution in [3.63, 3.8) is 0 Å². The number of halogens is 1. The third kappa shape index (κ3) is 4.24. The molecule has 7 heteroatoms. The van der Waals surface area contributed by atoms with E-state index >= 15 is 0 Å². The molecular weight excluding hydrogens is 390 g/mol. The van der Waals surface area contributed by atoms with Crippen molar-refractivity contribution in [2.24, 2.45) is 0 Å². The molecule has 0 radical (unpaired) electrons. The van der Waals surface area contributed by atoms with Gasteiger partial charge in [0, 0.05) is 10.0 Å². The second kappa shape index (κ2) is 7.63. The lowest BCUT2D eigenvalue weighted by molar-refractivity contribution is -0.113. The molecule has 0 aliphatic heterocycles. The second-order valence-corrected chi connectivity index (χ2v) is 6.84. The lowest BCUT2D eigenvalue weighted by Gasteiger charge is -2.05. The summed E-state index contributed by atoms with van der Waals surface area (Å²) in [5.74, 6) is 0.506. The van der Waals surface area contributed by atoms with Crippen LogP contribution < -0.4 is 5.32 Å². The quantitative estimate of drug-likeness (QED) is 0.633. The summed E-state index contributed by atoms with van der Waals surface area (Å²) in [7, 11) is 0. The van der Waals surface area contributed by atoms with Crippen LogP contribution in [0.15, 0.2) is 62.6 Å². The molecule has 2 aromatic carbocycles. The Bertz CT molecular complexity index is 866. The van der Waals surface area contributed by atoms with E-state index in [2.05, 4.69) is 31.4 Å². The number of thioether (sulfide) groups is 1. The predicted molar refractivity (Wildman–Crippen MR) is 98.0 cm³/mol. The molecule has 0 saturated carbocycles. The van der Waals surface area contributed by atoms with E-state index in [1.807, 2.05) is 55.5 Å². The van der Waals surface area contributed by atoms with E-state index in [9.17, 15) is 4.79 Å². The third-order valence-corrected chi connectivity index (χ3v) is 4.66. The summed E-state index contributed by atoms with van der Waals surface area (Å²) in [5.41, 5.74) is 2.72. The van der Waals surface area contributed by atoms with Crippen molar-refractivity contribution in [2.45, 2.75) is 12.1 Å². The first kappa shape index (κ1) is 16.7. The minimum Gasteiger partial charge on any atom is -0.411 e. The number of carbonyl (C=O) groups is 1. The molecule has 1 amide bonds. The number of benzene rings is 2. The fourth-order valence-electron chi connectivity index (χ4n) is 2.04. The maximum Gasteiger partial charge on any atom is 0.277 e. The average molecular weight is 404 g/mol. The van der Waals surface area contributed by atoms with Gasteiger partial charge in [0.1, 0.15) is 0 Å². The van der Waals surface area contributed by atoms with Crippen LogP contribution >= 0.6 is 27.7 Å². The fourth-order valence-corrected chi connectivity index (χ4v) is 2.99. The Morgan fingerprint density at radius 3 is 2.83 bits per heavy atom. The molecule has 0 aliphatic carbocycles. The monoisotopic (exact) mass is 403 g/mol. The molecule has 1 heterocycles. The molecule has 0 saturated heterocycles. The Balaban J connectivity index is 1.59. The van der Waals surface area contributed by atoms with Crippen molar-refractivity contribution in [2.75, 3.05) is 11.1 Å². The molecule has 1 N–H and O–H groups in total. The number of rotatable bonds is 5. The number of para-hydroxylation sites is 1. The molecular formula is C17H14BrN3O2S. The van der Waals surface area contributed by atoms with E-state index in [4.69, 9.17) is 4.42 Å². The summed E-state index contributed by atoms with van der Waals surface area (Å²) in [6.45, 7) is 2.00. The molecule has 0 bridgehead atoms. The Labute approximate surface area is 152 Å². The SMILES string of the molecule is Cc1cccc(-c2nnc(SCC(=O)Nc3ccccc3Br)o2)c1. The van der Waals surface area contributed by atoms with Crippen LogP contribution in [0.5, 0.6) is 0 Å². The van der Waals surface area contributed by atoms with E-state index in [0.717, 1.165) is 21.3 Å². The highest BCUT2D eigenvalue weighted by Crippen LogP contribution is 2.25. The average Bonchev–Trinajstić information content (AvgIpc) is 3.04. The van der Waals surface area contributed by atoms with Crippen molar-refractivity contribution < 1.29 is 9.21 Å². The van der Waals surface area contributed by atoms with Gasteiger partial charge in [-0.25, -0.2) is 0 Å². The van der Waals surface area contributed by atoms with Gasteiger partial charge >= 0.3 is 0 Å². The fraction of sp³-hybridized carbons (Fsp3) is 0.118. The lowest BCUT2D eigenvalue weighted by atomic mass is 10.1. The van der Waals surface area contributed by atoms with Gasteiger partial charge < -0.3 is 9.73 Å². The lowest BCUT2D eigenvalue weighted by Crippen LogP contribution is -2.14. The number of nitrogens with zero attached hydrogens (tertiary/aromatic N) is 2. The molecule has 5 nitrogen and oxygen atoms in total. The van der Waals surface area contributed by atoms with Gasteiger partial charge in [0.05, 0.1) is 11.4 Å². The number of hydrogen-bond acceptors (Lipinski definition) is 5. The van der Waals surface area contributed by atoms with Gasteiger partial charge in [-0.15, -0.1) is 10.2 Å². The van der Waals surface area contributed by atoms with Gasteiger partial charge in [-0.1, -0.05) is 41.6 Å². The Morgan fingerprint density at radius 2 is 2.04 bits per heavy atom. The Morgan fingerprint density at radius 1 is 1.21 bits per heavy atom. The zero-order chi connectivity index (χ0) is 16.9. The van der Waals surface area contributed by atoms with Crippen molar-refractivity contribution >= 4 is 39.3 Å². The summed E-state index contributed by atoms with van der Waals surface area (Å²) in [5, 5.41) is 11.2. The molecule has 24 heavy (non-hydrogen) atoms. The maximum absolute atomic E-state index is 12.0. The van der Waals surface area contributed by atoms with Gasteiger partial charge in [-0.05, 0) is 47.1 Å². The number of carbonyl (C=O) groups excluding carboxylic acids is 1. The predicted octanol–water partition coefficient (Wildman–Crippen LogP) is 4.54. The van der Waals surface area contributed by atoms with Gasteiger partial charge in [-0.2, -0.15) is 0 Å². The number of anilines is 1. The van der Waals surface area contributed by atoms with Gasteiger partial charge in [0.25, 0.3) is 5.22 Å². The van der Waals surface area contributed by atoms with Crippen LogP contribution in [0.3, 0.4) is 0 Å². The van der Waals surface area contributed by atoms with Gasteiger partial charge in [0.2, 0.25) is 11.8 Å². The topological polar surface area (TPSA) is 68.0 Å². The Hall–Kier alpha value is -2.12. The highest BCUT2D eigenvalue weighted by atomic mass is 79.9. The molecule has 122 valence electrons. The van der Waals surface area contributed by atoms with Crippen LogP contribution in [0.2, 0.25) is 0 Å². The summed E-state index contributed by atoms with van der Waals surface area (Å²) in [4.78, 5) is 12.0. The van der Waals surface area contributed by atoms with Crippen LogP contribution in [-0.4, -0.2) is 21.9 Å². The van der Waals surface area contributed by atoms with Crippen molar-refractivity contribution in [1.82, 2.24) is 10.2 Å². The minimum absolute atomic E-state index is 0.137. The first-order valence-electron chi connectivity index (χ1n) is 7.19. The summed E-state index contributed by atoms with van der Waals surface area (Å²) < 4.78 is 6.44. The maximum atomic E-state index is 12.0. The first-order valence-corrected chi connectivity index (χ1v) is 8.97. The first-order chi connectivity index (χ1) is 11.6. The van der Waals surface area contributed by atoms with E-state index in [1.54, 1.807) is 0 Å². The summed E-state index contributed by atoms with van der Waals surface area (Å²) in [6.07, 6.45) is 0. The molecule has 0 spiro atoms. The second-order valence-electron chi connectivity index (χ2n) is 5.06. The smallest absolute Gasteiger partial charge is 0.277 e. The number of nitrogens with one attached hydrogen (secondary N) is 1. The highest BCUT2D eigenvalue weighted by molar-refractivity contribution is 9.10. The van der Waals surface area contributed by atoms with Gasteiger partial charge in [-0.3, -0.25) is 4.79 Å². The van der Waals surface area contributed by atoms with Crippen LogP contribution in [0.25, 0.3) is 11.5 Å². The van der Waals surface area contributed by atoms with E-state index < -0.39 is 0 Å². The molecule has 0 aliphatic rings. The van der Waals surface area contributed by atoms with E-state index in [1.165, 1.54) is 11.8 Å². The molecule has 0 unspecified atom stereocenters. The van der Waals surface area contributed by atoms with Crippen LogP contribution in [0, 0.1) is 6.92 Å². The Kier molecular flexibility index (Phi) is 5.32. The minimum atomic E-state index is -0.137. The summed E-state index contributed by atoms with van der Waals surface area (Å²) >= 11 is 4.60. The molecule has 0 atom stereocenters. The molecule has 3 rings (SSSR count). The van der Waals surface area contributed by atoms with Crippen LogP contribution in [0.1, 0.15) is 5.56 Å². The summed E-state index contributed by atoms with van der Waals surface area (Å²) in [6, 6.07) is 15.3. The highest BCUT2D eigenvalue weighted by Gasteiger charge is 2.12. The van der Waals surface area contributed by atoms with Crippen LogP contribution in [-0.2, 0) is 4.79 Å². The third-order valence-electron chi connectivity index (χ3n) is 3.15. The van der Waals surface area contributed by atoms with E-state index in [-0.39, 0.29) is 11.7 Å². The number of aryl methyl sites for hydroxylation is 1. The molecule has 1 aromatic heterocycles. The largest absolute Gasteiger partial charge is 0.411 e. The zero-order valence-electron chi connectivity index (χ0n) is 12.8. The standard InChI is InChI=1S/C17H14BrN3O2S/c1-11-5-4-6-12(9-11)16-20-21-17(23-16)24-10-15(22)19-14-8-3-2-7-13(14)18/h2-9H,10H2,1H3,(H,19,22). The number of aromatic nitrogens is 2. The van der Waals surface area contributed by atoms with Crippen molar-refractivity contribution in [1.29, 1.82) is 0 Å². The van der Waals surface area contributed by atoms with Crippen LogP contribution in [0.4, 0.5) is 5.69 Å².